The minimum absolute atomic E-state index is 0.0246. The van der Waals surface area contributed by atoms with Gasteiger partial charge in [-0.1, -0.05) is 13.8 Å². The van der Waals surface area contributed by atoms with Crippen LogP contribution in [0.2, 0.25) is 0 Å². The van der Waals surface area contributed by atoms with Crippen LogP contribution in [0.25, 0.3) is 0 Å². The highest BCUT2D eigenvalue weighted by Gasteiger charge is 2.44. The van der Waals surface area contributed by atoms with Crippen LogP contribution in [0.3, 0.4) is 0 Å². The summed E-state index contributed by atoms with van der Waals surface area (Å²) in [6.07, 6.45) is -0.438. The van der Waals surface area contributed by atoms with Crippen molar-refractivity contribution in [3.63, 3.8) is 0 Å². The summed E-state index contributed by atoms with van der Waals surface area (Å²) in [4.78, 5) is 32.9. The Hall–Kier alpha value is -1.67. The lowest BCUT2D eigenvalue weighted by Crippen LogP contribution is -2.53. The van der Waals surface area contributed by atoms with E-state index in [-0.39, 0.29) is 24.9 Å². The van der Waals surface area contributed by atoms with Crippen molar-refractivity contribution in [2.75, 3.05) is 13.2 Å². The third-order valence-electron chi connectivity index (χ3n) is 4.27. The zero-order valence-corrected chi connectivity index (χ0v) is 15.2. The van der Waals surface area contributed by atoms with Crippen LogP contribution < -0.4 is 0 Å². The number of unbranched alkanes of at least 4 members (excludes halogenated alkanes) is 1. The first-order valence-corrected chi connectivity index (χ1v) is 8.51. The second-order valence-corrected chi connectivity index (χ2v) is 6.36. The van der Waals surface area contributed by atoms with Crippen LogP contribution in [0, 0.1) is 11.8 Å². The normalized spacial score (nSPS) is 29.0. The van der Waals surface area contributed by atoms with Gasteiger partial charge < -0.3 is 24.1 Å². The van der Waals surface area contributed by atoms with Gasteiger partial charge in [-0.25, -0.2) is 0 Å². The Balaban J connectivity index is 2.63. The predicted molar refractivity (Wildman–Crippen MR) is 86.6 cm³/mol. The molecular weight excluding hydrogens is 332 g/mol. The topological polar surface area (TPSA) is 108 Å². The van der Waals surface area contributed by atoms with E-state index in [0.29, 0.717) is 19.4 Å². The first-order valence-electron chi connectivity index (χ1n) is 8.51. The molecule has 0 radical (unpaired) electrons. The molecule has 1 rings (SSSR count). The molecule has 8 nitrogen and oxygen atoms in total. The molecule has 0 bridgehead atoms. The fourth-order valence-corrected chi connectivity index (χ4v) is 2.74. The summed E-state index contributed by atoms with van der Waals surface area (Å²) in [6.45, 7) is 6.84. The Morgan fingerprint density at radius 1 is 1.04 bits per heavy atom. The standard InChI is InChI=1S/C17H28O8/c1-10-11(2)17(22-8-6-5-7-15(20)21)25-14(9-23-12(3)18)16(10)24-13(4)19/h10-11,14,16-17H,5-9H2,1-4H3,(H,20,21). The van der Waals surface area contributed by atoms with E-state index in [1.54, 1.807) is 0 Å². The van der Waals surface area contributed by atoms with E-state index in [1.807, 2.05) is 13.8 Å². The van der Waals surface area contributed by atoms with Crippen molar-refractivity contribution in [3.05, 3.63) is 0 Å². The van der Waals surface area contributed by atoms with E-state index in [0.717, 1.165) is 0 Å². The number of ether oxygens (including phenoxy) is 4. The van der Waals surface area contributed by atoms with Crippen molar-refractivity contribution in [1.82, 2.24) is 0 Å². The lowest BCUT2D eigenvalue weighted by molar-refractivity contribution is -0.273. The number of carbonyl (C=O) groups excluding carboxylic acids is 2. The fraction of sp³-hybridized carbons (Fsp3) is 0.824. The highest BCUT2D eigenvalue weighted by molar-refractivity contribution is 5.67. The molecule has 8 heteroatoms. The van der Waals surface area contributed by atoms with Gasteiger partial charge in [0.25, 0.3) is 0 Å². The number of hydrogen-bond acceptors (Lipinski definition) is 7. The van der Waals surface area contributed by atoms with Crippen LogP contribution in [0.1, 0.15) is 47.0 Å². The quantitative estimate of drug-likeness (QED) is 0.489. The predicted octanol–water partition coefficient (Wildman–Crippen LogP) is 1.75. The van der Waals surface area contributed by atoms with Gasteiger partial charge in [-0.15, -0.1) is 0 Å². The van der Waals surface area contributed by atoms with Gasteiger partial charge in [-0.3, -0.25) is 14.4 Å². The Labute approximate surface area is 147 Å². The Kier molecular flexibility index (Phi) is 8.85. The molecule has 0 aromatic rings. The van der Waals surface area contributed by atoms with Crippen LogP contribution in [0.15, 0.2) is 0 Å². The van der Waals surface area contributed by atoms with Crippen molar-refractivity contribution in [3.8, 4) is 0 Å². The molecule has 1 aliphatic rings. The second kappa shape index (κ2) is 10.4. The van der Waals surface area contributed by atoms with E-state index in [2.05, 4.69) is 0 Å². The highest BCUT2D eigenvalue weighted by Crippen LogP contribution is 2.33. The first-order chi connectivity index (χ1) is 11.7. The molecule has 0 aliphatic carbocycles. The molecule has 0 amide bonds. The maximum atomic E-state index is 11.4. The summed E-state index contributed by atoms with van der Waals surface area (Å²) in [5.41, 5.74) is 0. The smallest absolute Gasteiger partial charge is 0.303 e. The van der Waals surface area contributed by atoms with Crippen LogP contribution in [-0.4, -0.2) is 54.7 Å². The molecule has 1 aliphatic heterocycles. The van der Waals surface area contributed by atoms with Crippen LogP contribution in [-0.2, 0) is 33.3 Å². The van der Waals surface area contributed by atoms with Gasteiger partial charge in [0.05, 0.1) is 0 Å². The SMILES string of the molecule is CC(=O)OCC1OC(OCCCCC(=O)O)C(C)C(C)C1OC(C)=O. The van der Waals surface area contributed by atoms with Gasteiger partial charge >= 0.3 is 17.9 Å². The summed E-state index contributed by atoms with van der Waals surface area (Å²) in [5, 5.41) is 8.63. The maximum absolute atomic E-state index is 11.4. The monoisotopic (exact) mass is 360 g/mol. The van der Waals surface area contributed by atoms with E-state index >= 15 is 0 Å². The van der Waals surface area contributed by atoms with Gasteiger partial charge in [0.1, 0.15) is 18.8 Å². The molecule has 1 heterocycles. The number of carboxylic acid groups (broad SMARTS) is 1. The van der Waals surface area contributed by atoms with E-state index in [9.17, 15) is 14.4 Å². The number of carbonyl (C=O) groups is 3. The number of carboxylic acids is 1. The summed E-state index contributed by atoms with van der Waals surface area (Å²) < 4.78 is 22.0. The lowest BCUT2D eigenvalue weighted by atomic mass is 9.84. The third-order valence-corrected chi connectivity index (χ3v) is 4.27. The molecule has 25 heavy (non-hydrogen) atoms. The van der Waals surface area contributed by atoms with E-state index in [1.165, 1.54) is 13.8 Å². The molecule has 1 N–H and O–H groups in total. The highest BCUT2D eigenvalue weighted by atomic mass is 16.7. The molecule has 0 saturated carbocycles. The van der Waals surface area contributed by atoms with Crippen LogP contribution in [0.4, 0.5) is 0 Å². The van der Waals surface area contributed by atoms with Crippen LogP contribution in [0.5, 0.6) is 0 Å². The molecule has 0 spiro atoms. The molecule has 1 fully saturated rings. The van der Waals surface area contributed by atoms with Crippen molar-refractivity contribution in [2.24, 2.45) is 11.8 Å². The van der Waals surface area contributed by atoms with Crippen molar-refractivity contribution < 1.29 is 38.4 Å². The van der Waals surface area contributed by atoms with Crippen molar-refractivity contribution >= 4 is 17.9 Å². The maximum Gasteiger partial charge on any atom is 0.303 e. The largest absolute Gasteiger partial charge is 0.481 e. The van der Waals surface area contributed by atoms with E-state index in [4.69, 9.17) is 24.1 Å². The summed E-state index contributed by atoms with van der Waals surface area (Å²) in [5.74, 6) is -1.79. The zero-order valence-electron chi connectivity index (χ0n) is 15.2. The Morgan fingerprint density at radius 2 is 1.72 bits per heavy atom. The first kappa shape index (κ1) is 21.4. The minimum atomic E-state index is -0.832. The Bertz CT molecular complexity index is 464. The van der Waals surface area contributed by atoms with E-state index < -0.39 is 36.4 Å². The minimum Gasteiger partial charge on any atom is -0.481 e. The molecular formula is C17H28O8. The van der Waals surface area contributed by atoms with Crippen molar-refractivity contribution in [1.29, 1.82) is 0 Å². The van der Waals surface area contributed by atoms with Crippen LogP contribution >= 0.6 is 0 Å². The lowest BCUT2D eigenvalue weighted by Gasteiger charge is -2.43. The molecule has 1 saturated heterocycles. The summed E-state index contributed by atoms with van der Waals surface area (Å²) >= 11 is 0. The number of aliphatic carboxylic acids is 1. The summed E-state index contributed by atoms with van der Waals surface area (Å²) in [7, 11) is 0. The third kappa shape index (κ3) is 7.39. The number of rotatable bonds is 9. The van der Waals surface area contributed by atoms with Gasteiger partial charge in [0, 0.05) is 38.7 Å². The van der Waals surface area contributed by atoms with Gasteiger partial charge in [0.15, 0.2) is 6.29 Å². The fourth-order valence-electron chi connectivity index (χ4n) is 2.74. The second-order valence-electron chi connectivity index (χ2n) is 6.36. The number of hydrogen-bond donors (Lipinski definition) is 1. The van der Waals surface area contributed by atoms with Gasteiger partial charge in [0.2, 0.25) is 0 Å². The van der Waals surface area contributed by atoms with Gasteiger partial charge in [-0.2, -0.15) is 0 Å². The average molecular weight is 360 g/mol. The molecule has 0 aromatic carbocycles. The van der Waals surface area contributed by atoms with Crippen molar-refractivity contribution in [2.45, 2.75) is 65.5 Å². The summed E-state index contributed by atoms with van der Waals surface area (Å²) in [6, 6.07) is 0. The molecule has 0 aromatic heterocycles. The molecule has 5 unspecified atom stereocenters. The average Bonchev–Trinajstić information content (AvgIpc) is 2.51. The molecule has 144 valence electrons. The zero-order chi connectivity index (χ0) is 19.0. The molecule has 5 atom stereocenters. The Morgan fingerprint density at radius 3 is 2.28 bits per heavy atom. The van der Waals surface area contributed by atoms with Gasteiger partial charge in [-0.05, 0) is 12.8 Å². The number of esters is 2.